The molecule has 0 bridgehead atoms. The topological polar surface area (TPSA) is 63.5 Å². The normalized spacial score (nSPS) is 13.0. The van der Waals surface area contributed by atoms with Crippen LogP contribution in [0.5, 0.6) is 0 Å². The molecule has 0 aliphatic rings. The molecule has 0 amide bonds. The van der Waals surface area contributed by atoms with Crippen molar-refractivity contribution in [3.63, 3.8) is 0 Å². The molecule has 0 atom stereocenters. The van der Waals surface area contributed by atoms with Gasteiger partial charge in [-0.2, -0.15) is 13.2 Å². The van der Waals surface area contributed by atoms with Gasteiger partial charge >= 0.3 is 6.18 Å². The lowest BCUT2D eigenvalue weighted by Gasteiger charge is -2.08. The predicted octanol–water partition coefficient (Wildman–Crippen LogP) is 2.61. The molecule has 2 heterocycles. The highest BCUT2D eigenvalue weighted by Gasteiger charge is 2.27. The molecule has 0 saturated carbocycles. The van der Waals surface area contributed by atoms with E-state index >= 15 is 0 Å². The lowest BCUT2D eigenvalue weighted by Crippen LogP contribution is -2.27. The summed E-state index contributed by atoms with van der Waals surface area (Å²) in [6, 6.07) is 4.81. The van der Waals surface area contributed by atoms with E-state index in [-0.39, 0.29) is 23.1 Å². The predicted molar refractivity (Wildman–Crippen MR) is 70.7 cm³/mol. The summed E-state index contributed by atoms with van der Waals surface area (Å²) in [6.45, 7) is -0.335. The Morgan fingerprint density at radius 3 is 2.71 bits per heavy atom. The van der Waals surface area contributed by atoms with E-state index in [9.17, 15) is 21.6 Å². The van der Waals surface area contributed by atoms with Crippen LogP contribution in [-0.2, 0) is 10.0 Å². The number of rotatable bonds is 5. The number of halogens is 4. The molecule has 1 N–H and O–H groups in total. The number of nitrogens with zero attached hydrogens (tertiary/aromatic N) is 2. The maximum atomic E-state index is 12.1. The fourth-order valence-corrected chi connectivity index (χ4v) is 3.46. The molecule has 10 heteroatoms. The highest BCUT2D eigenvalue weighted by Crippen LogP contribution is 2.23. The molecular formula is C11H11ClF3N3O2S. The summed E-state index contributed by atoms with van der Waals surface area (Å²) in [7, 11) is -4.04. The zero-order valence-corrected chi connectivity index (χ0v) is 12.1. The smallest absolute Gasteiger partial charge is 0.288 e. The molecule has 2 rings (SSSR count). The first-order valence-corrected chi connectivity index (χ1v) is 7.76. The van der Waals surface area contributed by atoms with Gasteiger partial charge in [-0.3, -0.25) is 4.40 Å². The summed E-state index contributed by atoms with van der Waals surface area (Å²) in [5.74, 6) is 0. The van der Waals surface area contributed by atoms with Crippen LogP contribution >= 0.6 is 11.6 Å². The van der Waals surface area contributed by atoms with E-state index in [0.29, 0.717) is 5.65 Å². The summed E-state index contributed by atoms with van der Waals surface area (Å²) < 4.78 is 63.6. The fraction of sp³-hybridized carbons (Fsp3) is 0.364. The first-order valence-electron chi connectivity index (χ1n) is 5.90. The van der Waals surface area contributed by atoms with Crippen molar-refractivity contribution >= 4 is 27.3 Å². The van der Waals surface area contributed by atoms with E-state index in [1.165, 1.54) is 10.6 Å². The van der Waals surface area contributed by atoms with Gasteiger partial charge in [0.25, 0.3) is 10.0 Å². The van der Waals surface area contributed by atoms with E-state index < -0.39 is 22.6 Å². The molecule has 21 heavy (non-hydrogen) atoms. The zero-order valence-electron chi connectivity index (χ0n) is 10.6. The highest BCUT2D eigenvalue weighted by molar-refractivity contribution is 7.89. The van der Waals surface area contributed by atoms with E-state index in [0.717, 1.165) is 0 Å². The first kappa shape index (κ1) is 16.1. The van der Waals surface area contributed by atoms with Gasteiger partial charge in [-0.1, -0.05) is 17.7 Å². The van der Waals surface area contributed by atoms with Crippen LogP contribution in [0.4, 0.5) is 13.2 Å². The Labute approximate surface area is 123 Å². The molecule has 0 spiro atoms. The third-order valence-corrected chi connectivity index (χ3v) is 4.49. The van der Waals surface area contributed by atoms with Crippen molar-refractivity contribution in [3.05, 3.63) is 29.5 Å². The minimum Gasteiger partial charge on any atom is -0.288 e. The second-order valence-corrected chi connectivity index (χ2v) is 6.29. The number of aromatic nitrogens is 2. The second kappa shape index (κ2) is 5.82. The molecule has 0 saturated heterocycles. The number of imidazole rings is 1. The Morgan fingerprint density at radius 2 is 2.05 bits per heavy atom. The van der Waals surface area contributed by atoms with Crippen LogP contribution < -0.4 is 4.72 Å². The molecule has 0 fully saturated rings. The van der Waals surface area contributed by atoms with Gasteiger partial charge in [0.05, 0.1) is 0 Å². The molecule has 0 aliphatic heterocycles. The number of sulfonamides is 1. The summed E-state index contributed by atoms with van der Waals surface area (Å²) in [5, 5.41) is -0.517. The average molecular weight is 342 g/mol. The van der Waals surface area contributed by atoms with Gasteiger partial charge in [-0.25, -0.2) is 18.1 Å². The van der Waals surface area contributed by atoms with Crippen molar-refractivity contribution in [1.82, 2.24) is 14.1 Å². The van der Waals surface area contributed by atoms with Gasteiger partial charge in [-0.15, -0.1) is 0 Å². The quantitative estimate of drug-likeness (QED) is 0.850. The number of hydrogen-bond donors (Lipinski definition) is 1. The fourth-order valence-electron chi connectivity index (χ4n) is 1.75. The molecule has 116 valence electrons. The Bertz CT molecular complexity index is 743. The van der Waals surface area contributed by atoms with Crippen LogP contribution in [-0.4, -0.2) is 30.5 Å². The summed E-state index contributed by atoms with van der Waals surface area (Å²) in [4.78, 5) is 3.88. The SMILES string of the molecule is O=S(=O)(NCCCC(F)(F)F)c1c(Cl)nc2ccccn12. The first-order chi connectivity index (χ1) is 9.71. The third-order valence-electron chi connectivity index (χ3n) is 2.63. The van der Waals surface area contributed by atoms with E-state index in [4.69, 9.17) is 11.6 Å². The maximum Gasteiger partial charge on any atom is 0.389 e. The van der Waals surface area contributed by atoms with Crippen molar-refractivity contribution < 1.29 is 21.6 Å². The Kier molecular flexibility index (Phi) is 4.45. The van der Waals surface area contributed by atoms with Crippen molar-refractivity contribution in [2.24, 2.45) is 0 Å². The molecule has 0 radical (unpaired) electrons. The number of hydrogen-bond acceptors (Lipinski definition) is 3. The minimum atomic E-state index is -4.31. The van der Waals surface area contributed by atoms with Gasteiger partial charge in [-0.05, 0) is 18.6 Å². The van der Waals surface area contributed by atoms with Crippen LogP contribution in [0.3, 0.4) is 0 Å². The Morgan fingerprint density at radius 1 is 1.33 bits per heavy atom. The second-order valence-electron chi connectivity index (χ2n) is 4.25. The molecule has 0 aliphatic carbocycles. The van der Waals surface area contributed by atoms with E-state index in [1.54, 1.807) is 18.2 Å². The monoisotopic (exact) mass is 341 g/mol. The molecule has 2 aromatic rings. The number of fused-ring (bicyclic) bond motifs is 1. The maximum absolute atomic E-state index is 12.1. The zero-order chi connectivity index (χ0) is 15.7. The van der Waals surface area contributed by atoms with Crippen LogP contribution in [0.15, 0.2) is 29.4 Å². The van der Waals surface area contributed by atoms with Gasteiger partial charge < -0.3 is 0 Å². The molecule has 0 unspecified atom stereocenters. The third kappa shape index (κ3) is 3.86. The lowest BCUT2D eigenvalue weighted by atomic mass is 10.3. The van der Waals surface area contributed by atoms with Gasteiger partial charge in [0, 0.05) is 19.2 Å². The Balaban J connectivity index is 2.17. The molecule has 0 aromatic carbocycles. The van der Waals surface area contributed by atoms with Crippen LogP contribution in [0.25, 0.3) is 5.65 Å². The molecule has 2 aromatic heterocycles. The largest absolute Gasteiger partial charge is 0.389 e. The van der Waals surface area contributed by atoms with Gasteiger partial charge in [0.15, 0.2) is 10.2 Å². The highest BCUT2D eigenvalue weighted by atomic mass is 35.5. The standard InChI is InChI=1S/C11H11ClF3N3O2S/c12-9-10(18-7-2-1-4-8(18)17-9)21(19,20)16-6-3-5-11(13,14)15/h1-2,4,7,16H,3,5-6H2. The van der Waals surface area contributed by atoms with Crippen molar-refractivity contribution in [1.29, 1.82) is 0 Å². The van der Waals surface area contributed by atoms with E-state index in [2.05, 4.69) is 9.71 Å². The number of alkyl halides is 3. The lowest BCUT2D eigenvalue weighted by molar-refractivity contribution is -0.135. The van der Waals surface area contributed by atoms with Crippen LogP contribution in [0.1, 0.15) is 12.8 Å². The van der Waals surface area contributed by atoms with Gasteiger partial charge in [0.1, 0.15) is 5.65 Å². The van der Waals surface area contributed by atoms with Crippen LogP contribution in [0.2, 0.25) is 5.15 Å². The summed E-state index contributed by atoms with van der Waals surface area (Å²) >= 11 is 5.81. The number of pyridine rings is 1. The number of nitrogens with one attached hydrogen (secondary N) is 1. The average Bonchev–Trinajstić information content (AvgIpc) is 2.70. The van der Waals surface area contributed by atoms with Crippen molar-refractivity contribution in [3.8, 4) is 0 Å². The summed E-state index contributed by atoms with van der Waals surface area (Å²) in [5.41, 5.74) is 0.332. The molecular weight excluding hydrogens is 331 g/mol. The van der Waals surface area contributed by atoms with Crippen LogP contribution in [0, 0.1) is 0 Å². The van der Waals surface area contributed by atoms with Gasteiger partial charge in [0.2, 0.25) is 0 Å². The molecule has 5 nitrogen and oxygen atoms in total. The van der Waals surface area contributed by atoms with E-state index in [1.807, 2.05) is 0 Å². The summed E-state index contributed by atoms with van der Waals surface area (Å²) in [6.07, 6.45) is -4.27. The minimum absolute atomic E-state index is 0.232. The van der Waals surface area contributed by atoms with Crippen molar-refractivity contribution in [2.45, 2.75) is 24.0 Å². The Hall–Kier alpha value is -1.32. The van der Waals surface area contributed by atoms with Crippen molar-refractivity contribution in [2.75, 3.05) is 6.54 Å².